The van der Waals surface area contributed by atoms with Crippen LogP contribution in [0.3, 0.4) is 0 Å². The average molecular weight is 306 g/mol. The molecule has 1 aromatic rings. The van der Waals surface area contributed by atoms with Crippen molar-refractivity contribution < 1.29 is 14.6 Å². The van der Waals surface area contributed by atoms with Crippen LogP contribution in [0.1, 0.15) is 38.7 Å². The van der Waals surface area contributed by atoms with E-state index in [1.54, 1.807) is 0 Å². The number of piperidine rings is 1. The van der Waals surface area contributed by atoms with Gasteiger partial charge in [0, 0.05) is 24.2 Å². The van der Waals surface area contributed by atoms with E-state index in [0.717, 1.165) is 18.4 Å². The molecule has 1 heterocycles. The molecular weight excluding hydrogens is 280 g/mol. The molecule has 0 saturated carbocycles. The summed E-state index contributed by atoms with van der Waals surface area (Å²) in [6.07, 6.45) is 3.31. The van der Waals surface area contributed by atoms with Crippen LogP contribution in [0.2, 0.25) is 0 Å². The second kappa shape index (κ2) is 8.03. The Kier molecular flexibility index (Phi) is 6.07. The molecule has 5 nitrogen and oxygen atoms in total. The Balaban J connectivity index is 1.96. The number of para-hydroxylation sites is 1. The lowest BCUT2D eigenvalue weighted by atomic mass is 9.98. The standard InChI is InChI=1S/C17H26N2O3/c1-13-6-5-7-14(2)19(13)17(21)18-12-15-8-3-4-9-16(15)22-11-10-20/h3-4,8-9,13-14,20H,5-7,10-12H2,1-2H3,(H,18,21). The number of urea groups is 1. The highest BCUT2D eigenvalue weighted by molar-refractivity contribution is 5.75. The second-order valence-corrected chi connectivity index (χ2v) is 5.87. The van der Waals surface area contributed by atoms with Crippen LogP contribution in [0.15, 0.2) is 24.3 Å². The topological polar surface area (TPSA) is 61.8 Å². The van der Waals surface area contributed by atoms with Crippen LogP contribution in [-0.4, -0.2) is 41.3 Å². The Morgan fingerprint density at radius 3 is 2.68 bits per heavy atom. The zero-order valence-corrected chi connectivity index (χ0v) is 13.4. The van der Waals surface area contributed by atoms with Crippen molar-refractivity contribution in [3.63, 3.8) is 0 Å². The number of aliphatic hydroxyl groups is 1. The fourth-order valence-electron chi connectivity index (χ4n) is 3.03. The van der Waals surface area contributed by atoms with Gasteiger partial charge in [-0.3, -0.25) is 0 Å². The molecule has 0 bridgehead atoms. The molecule has 1 aromatic carbocycles. The van der Waals surface area contributed by atoms with E-state index in [1.807, 2.05) is 29.2 Å². The highest BCUT2D eigenvalue weighted by Crippen LogP contribution is 2.23. The van der Waals surface area contributed by atoms with Crippen molar-refractivity contribution in [2.24, 2.45) is 0 Å². The zero-order valence-electron chi connectivity index (χ0n) is 13.4. The molecule has 2 rings (SSSR count). The van der Waals surface area contributed by atoms with Crippen LogP contribution in [0.4, 0.5) is 4.79 Å². The van der Waals surface area contributed by atoms with Crippen LogP contribution < -0.4 is 10.1 Å². The largest absolute Gasteiger partial charge is 0.491 e. The molecule has 0 aromatic heterocycles. The minimum absolute atomic E-state index is 0.0170. The van der Waals surface area contributed by atoms with Gasteiger partial charge in [-0.25, -0.2) is 4.79 Å². The number of hydrogen-bond donors (Lipinski definition) is 2. The van der Waals surface area contributed by atoms with E-state index in [0.29, 0.717) is 12.3 Å². The van der Waals surface area contributed by atoms with Crippen molar-refractivity contribution in [3.05, 3.63) is 29.8 Å². The summed E-state index contributed by atoms with van der Waals surface area (Å²) in [4.78, 5) is 14.4. The normalized spacial score (nSPS) is 21.5. The molecule has 122 valence electrons. The molecule has 1 saturated heterocycles. The quantitative estimate of drug-likeness (QED) is 0.879. The Labute approximate surface area is 132 Å². The third-order valence-corrected chi connectivity index (χ3v) is 4.18. The fraction of sp³-hybridized carbons (Fsp3) is 0.588. The number of ether oxygens (including phenoxy) is 1. The molecule has 5 heteroatoms. The number of carbonyl (C=O) groups excluding carboxylic acids is 1. The van der Waals surface area contributed by atoms with Gasteiger partial charge in [0.05, 0.1) is 6.61 Å². The maximum Gasteiger partial charge on any atom is 0.318 e. The van der Waals surface area contributed by atoms with Gasteiger partial charge < -0.3 is 20.1 Å². The van der Waals surface area contributed by atoms with Crippen LogP contribution in [-0.2, 0) is 6.54 Å². The molecular formula is C17H26N2O3. The Morgan fingerprint density at radius 1 is 1.32 bits per heavy atom. The summed E-state index contributed by atoms with van der Waals surface area (Å²) < 4.78 is 5.49. The zero-order chi connectivity index (χ0) is 15.9. The number of benzene rings is 1. The highest BCUT2D eigenvalue weighted by Gasteiger charge is 2.28. The third-order valence-electron chi connectivity index (χ3n) is 4.18. The SMILES string of the molecule is CC1CCCC(C)N1C(=O)NCc1ccccc1OCCO. The van der Waals surface area contributed by atoms with Crippen molar-refractivity contribution >= 4 is 6.03 Å². The molecule has 2 unspecified atom stereocenters. The van der Waals surface area contributed by atoms with Crippen LogP contribution in [0.25, 0.3) is 0 Å². The number of likely N-dealkylation sites (tertiary alicyclic amines) is 1. The van der Waals surface area contributed by atoms with Gasteiger partial charge >= 0.3 is 6.03 Å². The molecule has 0 aliphatic carbocycles. The number of nitrogens with zero attached hydrogens (tertiary/aromatic N) is 1. The van der Waals surface area contributed by atoms with E-state index in [1.165, 1.54) is 6.42 Å². The lowest BCUT2D eigenvalue weighted by Crippen LogP contribution is -2.51. The van der Waals surface area contributed by atoms with E-state index in [4.69, 9.17) is 9.84 Å². The highest BCUT2D eigenvalue weighted by atomic mass is 16.5. The molecule has 1 aliphatic rings. The summed E-state index contributed by atoms with van der Waals surface area (Å²) in [5.74, 6) is 0.705. The molecule has 0 radical (unpaired) electrons. The number of hydrogen-bond acceptors (Lipinski definition) is 3. The first-order valence-corrected chi connectivity index (χ1v) is 8.01. The number of carbonyl (C=O) groups is 1. The van der Waals surface area contributed by atoms with Gasteiger partial charge in [0.1, 0.15) is 12.4 Å². The minimum atomic E-state index is -0.0243. The molecule has 2 atom stereocenters. The van der Waals surface area contributed by atoms with Crippen molar-refractivity contribution in [2.45, 2.75) is 51.7 Å². The average Bonchev–Trinajstić information content (AvgIpc) is 2.51. The third kappa shape index (κ3) is 4.13. The van der Waals surface area contributed by atoms with Gasteiger partial charge in [-0.2, -0.15) is 0 Å². The number of amides is 2. The minimum Gasteiger partial charge on any atom is -0.491 e. The van der Waals surface area contributed by atoms with Gasteiger partial charge in [0.2, 0.25) is 0 Å². The van der Waals surface area contributed by atoms with E-state index < -0.39 is 0 Å². The first kappa shape index (κ1) is 16.6. The molecule has 0 spiro atoms. The molecule has 1 aliphatic heterocycles. The van der Waals surface area contributed by atoms with Gasteiger partial charge in [-0.05, 0) is 39.2 Å². The molecule has 2 amide bonds. The summed E-state index contributed by atoms with van der Waals surface area (Å²) in [5, 5.41) is 11.9. The molecule has 1 fully saturated rings. The Morgan fingerprint density at radius 2 is 2.00 bits per heavy atom. The monoisotopic (exact) mass is 306 g/mol. The van der Waals surface area contributed by atoms with E-state index in [2.05, 4.69) is 19.2 Å². The number of nitrogens with one attached hydrogen (secondary N) is 1. The first-order valence-electron chi connectivity index (χ1n) is 8.01. The first-order chi connectivity index (χ1) is 10.6. The van der Waals surface area contributed by atoms with Crippen molar-refractivity contribution in [2.75, 3.05) is 13.2 Å². The summed E-state index contributed by atoms with van der Waals surface area (Å²) in [7, 11) is 0. The second-order valence-electron chi connectivity index (χ2n) is 5.87. The van der Waals surface area contributed by atoms with E-state index in [-0.39, 0.29) is 31.3 Å². The van der Waals surface area contributed by atoms with Gasteiger partial charge in [0.15, 0.2) is 0 Å². The predicted octanol–water partition coefficient (Wildman–Crippen LogP) is 2.53. The van der Waals surface area contributed by atoms with E-state index >= 15 is 0 Å². The van der Waals surface area contributed by atoms with Crippen molar-refractivity contribution in [1.82, 2.24) is 10.2 Å². The summed E-state index contributed by atoms with van der Waals surface area (Å²) in [6, 6.07) is 8.12. The molecule has 22 heavy (non-hydrogen) atoms. The maximum atomic E-state index is 12.5. The van der Waals surface area contributed by atoms with Gasteiger partial charge in [-0.15, -0.1) is 0 Å². The molecule has 2 N–H and O–H groups in total. The number of aliphatic hydroxyl groups excluding tert-OH is 1. The Hall–Kier alpha value is -1.75. The van der Waals surface area contributed by atoms with Crippen LogP contribution in [0, 0.1) is 0 Å². The van der Waals surface area contributed by atoms with Gasteiger partial charge in [0.25, 0.3) is 0 Å². The predicted molar refractivity (Wildman–Crippen MR) is 85.9 cm³/mol. The lowest BCUT2D eigenvalue weighted by molar-refractivity contribution is 0.122. The van der Waals surface area contributed by atoms with Crippen LogP contribution >= 0.6 is 0 Å². The lowest BCUT2D eigenvalue weighted by Gasteiger charge is -2.38. The maximum absolute atomic E-state index is 12.5. The van der Waals surface area contributed by atoms with E-state index in [9.17, 15) is 4.79 Å². The van der Waals surface area contributed by atoms with Gasteiger partial charge in [-0.1, -0.05) is 18.2 Å². The smallest absolute Gasteiger partial charge is 0.318 e. The summed E-state index contributed by atoms with van der Waals surface area (Å²) >= 11 is 0. The summed E-state index contributed by atoms with van der Waals surface area (Å²) in [5.41, 5.74) is 0.918. The summed E-state index contributed by atoms with van der Waals surface area (Å²) in [6.45, 7) is 4.87. The Bertz CT molecular complexity index is 483. The van der Waals surface area contributed by atoms with Crippen molar-refractivity contribution in [1.29, 1.82) is 0 Å². The van der Waals surface area contributed by atoms with Crippen molar-refractivity contribution in [3.8, 4) is 5.75 Å². The fourth-order valence-corrected chi connectivity index (χ4v) is 3.03. The number of rotatable bonds is 5. The van der Waals surface area contributed by atoms with Crippen LogP contribution in [0.5, 0.6) is 5.75 Å².